The van der Waals surface area contributed by atoms with Gasteiger partial charge in [0.25, 0.3) is 0 Å². The maximum absolute atomic E-state index is 14.0. The van der Waals surface area contributed by atoms with Crippen molar-refractivity contribution in [3.63, 3.8) is 0 Å². The lowest BCUT2D eigenvalue weighted by molar-refractivity contribution is -0.192. The number of alkyl halides is 3. The predicted octanol–water partition coefficient (Wildman–Crippen LogP) is 3.35. The van der Waals surface area contributed by atoms with E-state index in [1.165, 1.54) is 12.1 Å². The van der Waals surface area contributed by atoms with Crippen molar-refractivity contribution in [1.82, 2.24) is 15.0 Å². The van der Waals surface area contributed by atoms with Gasteiger partial charge in [-0.1, -0.05) is 19.0 Å². The Morgan fingerprint density at radius 3 is 2.35 bits per heavy atom. The summed E-state index contributed by atoms with van der Waals surface area (Å²) < 4.78 is 79.6. The van der Waals surface area contributed by atoms with Crippen LogP contribution in [-0.4, -0.2) is 86.3 Å². The highest BCUT2D eigenvalue weighted by atomic mass is 32.2. The number of piperidine rings is 1. The second-order valence-electron chi connectivity index (χ2n) is 8.80. The Bertz CT molecular complexity index is 1150. The van der Waals surface area contributed by atoms with E-state index in [-0.39, 0.29) is 10.8 Å². The van der Waals surface area contributed by atoms with Crippen LogP contribution in [0.5, 0.6) is 5.75 Å². The minimum Gasteiger partial charge on any atom is -0.492 e. The second-order valence-corrected chi connectivity index (χ2v) is 10.8. The van der Waals surface area contributed by atoms with Gasteiger partial charge in [0.05, 0.1) is 0 Å². The fraction of sp³-hybridized carbons (Fsp3) is 0.591. The van der Waals surface area contributed by atoms with Crippen molar-refractivity contribution in [1.29, 1.82) is 0 Å². The molecule has 37 heavy (non-hydrogen) atoms. The zero-order chi connectivity index (χ0) is 28.0. The Balaban J connectivity index is 0.000000604. The molecule has 0 unspecified atom stereocenters. The SMILES string of the molecule is CC(C)c1noc(N2CCC(N(C)CCOc3ccc(S(C)(=O)=O)c(F)c3)CC2)n1.O=C(O)C(F)(F)F. The Kier molecular flexibility index (Phi) is 10.3. The van der Waals surface area contributed by atoms with Crippen LogP contribution in [-0.2, 0) is 14.6 Å². The third kappa shape index (κ3) is 9.14. The first-order chi connectivity index (χ1) is 17.1. The number of carboxylic acid groups (broad SMARTS) is 1. The van der Waals surface area contributed by atoms with Gasteiger partial charge in [0, 0.05) is 43.9 Å². The minimum absolute atomic E-state index is 0.238. The van der Waals surface area contributed by atoms with Crippen molar-refractivity contribution in [2.24, 2.45) is 0 Å². The first kappa shape index (κ1) is 30.3. The van der Waals surface area contributed by atoms with E-state index in [0.29, 0.717) is 31.0 Å². The summed E-state index contributed by atoms with van der Waals surface area (Å²) >= 11 is 0. The number of carbonyl (C=O) groups is 1. The smallest absolute Gasteiger partial charge is 0.490 e. The molecule has 0 amide bonds. The predicted molar refractivity (Wildman–Crippen MR) is 125 cm³/mol. The average molecular weight is 555 g/mol. The van der Waals surface area contributed by atoms with Crippen LogP contribution in [0.25, 0.3) is 0 Å². The van der Waals surface area contributed by atoms with Gasteiger partial charge in [-0.15, -0.1) is 0 Å². The molecule has 15 heteroatoms. The van der Waals surface area contributed by atoms with Gasteiger partial charge >= 0.3 is 18.2 Å². The Labute approximate surface area is 212 Å². The van der Waals surface area contributed by atoms with Crippen LogP contribution in [0.2, 0.25) is 0 Å². The number of rotatable bonds is 8. The summed E-state index contributed by atoms with van der Waals surface area (Å²) in [5.74, 6) is -2.27. The molecule has 1 saturated heterocycles. The molecule has 208 valence electrons. The van der Waals surface area contributed by atoms with Crippen LogP contribution in [0.15, 0.2) is 27.6 Å². The van der Waals surface area contributed by atoms with E-state index in [2.05, 4.69) is 19.9 Å². The molecule has 1 aliphatic heterocycles. The summed E-state index contributed by atoms with van der Waals surface area (Å²) in [5, 5.41) is 11.1. The quantitative estimate of drug-likeness (QED) is 0.486. The zero-order valence-electron chi connectivity index (χ0n) is 20.8. The summed E-state index contributed by atoms with van der Waals surface area (Å²) in [6.45, 7) is 6.81. The molecule has 0 bridgehead atoms. The molecule has 0 spiro atoms. The molecule has 1 aromatic carbocycles. The van der Waals surface area contributed by atoms with Crippen LogP contribution in [0.4, 0.5) is 23.6 Å². The van der Waals surface area contributed by atoms with Crippen molar-refractivity contribution in [3.8, 4) is 5.75 Å². The molecule has 0 atom stereocenters. The van der Waals surface area contributed by atoms with Crippen molar-refractivity contribution in [2.75, 3.05) is 44.4 Å². The van der Waals surface area contributed by atoms with Gasteiger partial charge in [0.1, 0.15) is 23.1 Å². The van der Waals surface area contributed by atoms with Gasteiger partial charge in [0.2, 0.25) is 0 Å². The normalized spacial score (nSPS) is 15.0. The first-order valence-electron chi connectivity index (χ1n) is 11.3. The highest BCUT2D eigenvalue weighted by Crippen LogP contribution is 2.23. The molecule has 2 aromatic rings. The maximum atomic E-state index is 14.0. The van der Waals surface area contributed by atoms with E-state index in [0.717, 1.165) is 44.1 Å². The maximum Gasteiger partial charge on any atom is 0.490 e. The monoisotopic (exact) mass is 554 g/mol. The van der Waals surface area contributed by atoms with Crippen LogP contribution >= 0.6 is 0 Å². The van der Waals surface area contributed by atoms with E-state index in [1.807, 2.05) is 20.9 Å². The fourth-order valence-corrected chi connectivity index (χ4v) is 4.18. The molecule has 3 rings (SSSR count). The van der Waals surface area contributed by atoms with Crippen molar-refractivity contribution < 1.29 is 45.1 Å². The lowest BCUT2D eigenvalue weighted by Gasteiger charge is -2.35. The van der Waals surface area contributed by atoms with E-state index >= 15 is 0 Å². The van der Waals surface area contributed by atoms with Crippen LogP contribution < -0.4 is 9.64 Å². The molecule has 1 aromatic heterocycles. The molecule has 10 nitrogen and oxygen atoms in total. The number of nitrogens with zero attached hydrogens (tertiary/aromatic N) is 4. The average Bonchev–Trinajstić information content (AvgIpc) is 3.29. The van der Waals surface area contributed by atoms with Gasteiger partial charge in [-0.3, -0.25) is 4.90 Å². The van der Waals surface area contributed by atoms with E-state index < -0.39 is 27.8 Å². The summed E-state index contributed by atoms with van der Waals surface area (Å²) in [6, 6.07) is 4.82. The van der Waals surface area contributed by atoms with Crippen LogP contribution in [0.1, 0.15) is 38.4 Å². The molecular formula is C22H30F4N4O6S. The number of aliphatic carboxylic acids is 1. The Morgan fingerprint density at radius 1 is 1.30 bits per heavy atom. The zero-order valence-corrected chi connectivity index (χ0v) is 21.6. The molecule has 1 N–H and O–H groups in total. The largest absolute Gasteiger partial charge is 0.492 e. The number of halogens is 4. The van der Waals surface area contributed by atoms with Crippen LogP contribution in [0, 0.1) is 5.82 Å². The highest BCUT2D eigenvalue weighted by Gasteiger charge is 2.38. The first-order valence-corrected chi connectivity index (χ1v) is 13.2. The molecule has 1 fully saturated rings. The molecule has 2 heterocycles. The number of benzene rings is 1. The summed E-state index contributed by atoms with van der Waals surface area (Å²) in [5.41, 5.74) is 0. The number of aromatic nitrogens is 2. The third-order valence-corrected chi connectivity index (χ3v) is 6.69. The molecule has 1 aliphatic rings. The molecule has 0 aliphatic carbocycles. The fourth-order valence-electron chi connectivity index (χ4n) is 3.45. The molecule has 0 saturated carbocycles. The number of anilines is 1. The number of hydrogen-bond donors (Lipinski definition) is 1. The van der Waals surface area contributed by atoms with Gasteiger partial charge in [0.15, 0.2) is 15.7 Å². The molecule has 0 radical (unpaired) electrons. The summed E-state index contributed by atoms with van der Waals surface area (Å²) in [6.07, 6.45) is -2.17. The lowest BCUT2D eigenvalue weighted by Crippen LogP contribution is -2.44. The van der Waals surface area contributed by atoms with E-state index in [9.17, 15) is 26.0 Å². The van der Waals surface area contributed by atoms with Gasteiger partial charge < -0.3 is 19.3 Å². The Hall–Kier alpha value is -2.94. The summed E-state index contributed by atoms with van der Waals surface area (Å²) in [7, 11) is -1.54. The number of likely N-dealkylation sites (N-methyl/N-ethyl adjacent to an activating group) is 1. The number of ether oxygens (including phenoxy) is 1. The summed E-state index contributed by atoms with van der Waals surface area (Å²) in [4.78, 5) is 17.4. The number of carboxylic acids is 1. The van der Waals surface area contributed by atoms with Gasteiger partial charge in [-0.05, 0) is 32.0 Å². The highest BCUT2D eigenvalue weighted by molar-refractivity contribution is 7.90. The number of hydrogen-bond acceptors (Lipinski definition) is 9. The second kappa shape index (κ2) is 12.5. The van der Waals surface area contributed by atoms with E-state index in [1.54, 1.807) is 0 Å². The van der Waals surface area contributed by atoms with Crippen molar-refractivity contribution in [3.05, 3.63) is 29.8 Å². The van der Waals surface area contributed by atoms with Crippen LogP contribution in [0.3, 0.4) is 0 Å². The van der Waals surface area contributed by atoms with Crippen molar-refractivity contribution >= 4 is 21.8 Å². The van der Waals surface area contributed by atoms with Crippen molar-refractivity contribution in [2.45, 2.75) is 49.7 Å². The topological polar surface area (TPSA) is 126 Å². The third-order valence-electron chi connectivity index (χ3n) is 5.56. The molecular weight excluding hydrogens is 524 g/mol. The van der Waals surface area contributed by atoms with E-state index in [4.69, 9.17) is 19.2 Å². The standard InChI is InChI=1S/C20H29FN4O4S.C2HF3O2/c1-14(2)19-22-20(29-23-19)25-9-7-15(8-10-25)24(3)11-12-28-16-5-6-18(17(21)13-16)30(4,26)27;3-2(4,5)1(6)7/h5-6,13-15H,7-12H2,1-4H3;(H,6,7). The minimum atomic E-state index is -5.08. The van der Waals surface area contributed by atoms with Gasteiger partial charge in [-0.25, -0.2) is 17.6 Å². The lowest BCUT2D eigenvalue weighted by atomic mass is 10.0. The number of sulfone groups is 1. The van der Waals surface area contributed by atoms with Gasteiger partial charge in [-0.2, -0.15) is 18.2 Å². The Morgan fingerprint density at radius 2 is 1.89 bits per heavy atom.